The van der Waals surface area contributed by atoms with Gasteiger partial charge in [-0.05, 0) is 6.92 Å². The average molecular weight is 867 g/mol. The third kappa shape index (κ3) is 11.5. The van der Waals surface area contributed by atoms with Crippen molar-refractivity contribution >= 4 is 28.1 Å². The number of ether oxygens (including phenoxy) is 7. The van der Waals surface area contributed by atoms with E-state index >= 15 is 0 Å². The molecule has 3 unspecified atom stereocenters. The van der Waals surface area contributed by atoms with Gasteiger partial charge in [0, 0.05) is 20.8 Å². The van der Waals surface area contributed by atoms with Crippen LogP contribution in [0.1, 0.15) is 27.7 Å². The quantitative estimate of drug-likeness (QED) is 0.0680. The van der Waals surface area contributed by atoms with Crippen LogP contribution in [0.15, 0.2) is 0 Å². The second-order valence-electron chi connectivity index (χ2n) is 14.3. The first-order valence-corrected chi connectivity index (χ1v) is 19.5. The van der Waals surface area contributed by atoms with E-state index in [0.717, 1.165) is 20.8 Å². The Balaban J connectivity index is 1.62. The van der Waals surface area contributed by atoms with Crippen molar-refractivity contribution in [3.63, 3.8) is 0 Å². The van der Waals surface area contributed by atoms with Crippen LogP contribution in [0.5, 0.6) is 0 Å². The van der Waals surface area contributed by atoms with Crippen LogP contribution in [-0.4, -0.2) is 220 Å². The molecule has 0 bridgehead atoms. The molecule has 336 valence electrons. The van der Waals surface area contributed by atoms with Crippen molar-refractivity contribution in [3.8, 4) is 0 Å². The molecule has 0 aliphatic carbocycles. The fourth-order valence-corrected chi connectivity index (χ4v) is 7.51. The second-order valence-corrected chi connectivity index (χ2v) is 15.4. The summed E-state index contributed by atoms with van der Waals surface area (Å²) < 4.78 is 77.4. The number of carbonyl (C=O) groups is 3. The molecular formula is C31H54N4O22S. The minimum absolute atomic E-state index is 0.597. The van der Waals surface area contributed by atoms with E-state index in [9.17, 15) is 68.2 Å². The van der Waals surface area contributed by atoms with Crippen molar-refractivity contribution in [2.45, 2.75) is 150 Å². The topological polar surface area (TPSA) is 403 Å². The van der Waals surface area contributed by atoms with Gasteiger partial charge in [0.15, 0.2) is 18.9 Å². The Labute approximate surface area is 331 Å². The van der Waals surface area contributed by atoms with Gasteiger partial charge in [-0.15, -0.1) is 0 Å². The maximum absolute atomic E-state index is 12.4. The lowest BCUT2D eigenvalue weighted by atomic mass is 9.92. The summed E-state index contributed by atoms with van der Waals surface area (Å²) in [6, 6.07) is -5.87. The zero-order chi connectivity index (χ0) is 43.4. The number of hydrogen-bond donors (Lipinski definition) is 13. The Morgan fingerprint density at radius 1 is 0.586 bits per heavy atom. The highest BCUT2D eigenvalue weighted by molar-refractivity contribution is 7.80. The number of nitrogens with one attached hydrogen (secondary N) is 3. The first kappa shape index (κ1) is 48.3. The average Bonchev–Trinajstić information content (AvgIpc) is 3.14. The van der Waals surface area contributed by atoms with Gasteiger partial charge in [0.1, 0.15) is 85.3 Å². The standard InChI is InChI=1S/C31H54N4O22S/c1-9-18(33-10(2)39)23(44)28(16(51-9)8-50-58(47,48)49)57-31-20(35-12(4)41)25(46)27(15(7-38)54-31)56-30-19(34-11(3)40)24(45)26(14(6-37)53-30)55-29-17(32)22(43)21(42)13(5-36)52-29/h9,13-31,36-38,42-46H,5-8,32H2,1-4H3,(H,33,39)(H,34,40)(H,35,41)(H,47,48,49)/t9?,13-,14-,15-,16-,17-,18+,19-,20-,21-,22-,23?,24?,25-,26-,27-,28-,29+,30+,31+/m1/s1. The Hall–Kier alpha value is -2.36. The van der Waals surface area contributed by atoms with Crippen molar-refractivity contribution in [3.05, 3.63) is 0 Å². The van der Waals surface area contributed by atoms with E-state index in [1.165, 1.54) is 6.92 Å². The predicted molar refractivity (Wildman–Crippen MR) is 185 cm³/mol. The second kappa shape index (κ2) is 20.5. The van der Waals surface area contributed by atoms with Crippen LogP contribution in [0.2, 0.25) is 0 Å². The molecule has 4 aliphatic heterocycles. The van der Waals surface area contributed by atoms with Crippen LogP contribution in [0.25, 0.3) is 0 Å². The normalized spacial score (nSPS) is 43.6. The largest absolute Gasteiger partial charge is 0.397 e. The molecule has 0 spiro atoms. The summed E-state index contributed by atoms with van der Waals surface area (Å²) in [6.45, 7) is 1.16. The highest BCUT2D eigenvalue weighted by Crippen LogP contribution is 2.34. The number of nitrogens with two attached hydrogens (primary N) is 1. The van der Waals surface area contributed by atoms with E-state index in [1.54, 1.807) is 0 Å². The monoisotopic (exact) mass is 866 g/mol. The van der Waals surface area contributed by atoms with Gasteiger partial charge in [-0.2, -0.15) is 8.42 Å². The molecule has 0 aromatic heterocycles. The van der Waals surface area contributed by atoms with Gasteiger partial charge in [-0.25, -0.2) is 4.18 Å². The lowest BCUT2D eigenvalue weighted by Gasteiger charge is -2.51. The molecule has 4 fully saturated rings. The summed E-state index contributed by atoms with van der Waals surface area (Å²) in [6.07, 6.45) is -26.0. The molecule has 4 rings (SSSR count). The molecule has 0 aromatic carbocycles. The van der Waals surface area contributed by atoms with Gasteiger partial charge in [0.05, 0.1) is 44.6 Å². The van der Waals surface area contributed by atoms with Crippen LogP contribution in [0.3, 0.4) is 0 Å². The first-order valence-electron chi connectivity index (χ1n) is 18.1. The SMILES string of the molecule is CC(=O)N[C@H]1C(C)O[C@H](COS(=O)(=O)O)[C@@H](O[C@@H]2O[C@H](CO)[C@@H](O[C@@H]3O[C@H](CO)[C@@H](O[C@@H]4O[C@H](CO)[C@@H](O)[C@H](O)[C@H]4N)C(O)[C@H]3NC(C)=O)[C@H](O)[C@H]2NC(C)=O)C1O. The maximum atomic E-state index is 12.4. The zero-order valence-corrected chi connectivity index (χ0v) is 32.5. The molecule has 0 saturated carbocycles. The summed E-state index contributed by atoms with van der Waals surface area (Å²) in [4.78, 5) is 36.7. The predicted octanol–water partition coefficient (Wildman–Crippen LogP) is -8.45. The zero-order valence-electron chi connectivity index (χ0n) is 31.7. The number of rotatable bonds is 15. The molecule has 58 heavy (non-hydrogen) atoms. The van der Waals surface area contributed by atoms with Gasteiger partial charge in [-0.3, -0.25) is 18.9 Å². The van der Waals surface area contributed by atoms with Gasteiger partial charge < -0.3 is 95.7 Å². The number of aliphatic hydroxyl groups excluding tert-OH is 8. The smallest absolute Gasteiger partial charge is 0.394 e. The van der Waals surface area contributed by atoms with Gasteiger partial charge in [0.25, 0.3) is 0 Å². The molecule has 20 atom stereocenters. The fraction of sp³-hybridized carbons (Fsp3) is 0.903. The van der Waals surface area contributed by atoms with E-state index in [-0.39, 0.29) is 0 Å². The Bertz CT molecular complexity index is 1500. The lowest BCUT2D eigenvalue weighted by molar-refractivity contribution is -0.358. The van der Waals surface area contributed by atoms with Crippen LogP contribution >= 0.6 is 0 Å². The highest BCUT2D eigenvalue weighted by Gasteiger charge is 2.56. The minimum Gasteiger partial charge on any atom is -0.394 e. The van der Waals surface area contributed by atoms with Crippen molar-refractivity contribution in [1.29, 1.82) is 0 Å². The summed E-state index contributed by atoms with van der Waals surface area (Å²) >= 11 is 0. The van der Waals surface area contributed by atoms with E-state index in [4.69, 9.17) is 38.9 Å². The van der Waals surface area contributed by atoms with Crippen LogP contribution in [-0.2, 0) is 62.1 Å². The number of hydrogen-bond acceptors (Lipinski definition) is 22. The van der Waals surface area contributed by atoms with Crippen molar-refractivity contribution < 1.29 is 106 Å². The van der Waals surface area contributed by atoms with Gasteiger partial charge in [0.2, 0.25) is 17.7 Å². The Kier molecular flexibility index (Phi) is 17.0. The summed E-state index contributed by atoms with van der Waals surface area (Å²) in [5.74, 6) is -2.12. The third-order valence-corrected chi connectivity index (χ3v) is 10.4. The van der Waals surface area contributed by atoms with Gasteiger partial charge in [-0.1, -0.05) is 0 Å². The number of amides is 3. The molecule has 0 aromatic rings. The minimum atomic E-state index is -5.04. The van der Waals surface area contributed by atoms with Crippen LogP contribution < -0.4 is 21.7 Å². The first-order chi connectivity index (χ1) is 27.1. The molecule has 3 amide bonds. The molecule has 0 radical (unpaired) electrons. The summed E-state index contributed by atoms with van der Waals surface area (Å²) in [7, 11) is -5.04. The maximum Gasteiger partial charge on any atom is 0.397 e. The van der Waals surface area contributed by atoms with E-state index in [1.807, 2.05) is 0 Å². The number of carbonyl (C=O) groups excluding carboxylic acids is 3. The molecule has 26 nitrogen and oxygen atoms in total. The molecule has 27 heteroatoms. The summed E-state index contributed by atoms with van der Waals surface area (Å²) in [5, 5.41) is 92.8. The Morgan fingerprint density at radius 3 is 1.38 bits per heavy atom. The third-order valence-electron chi connectivity index (χ3n) is 9.97. The van der Waals surface area contributed by atoms with Crippen molar-refractivity contribution in [2.75, 3.05) is 26.4 Å². The van der Waals surface area contributed by atoms with E-state index in [0.29, 0.717) is 0 Å². The molecule has 14 N–H and O–H groups in total. The van der Waals surface area contributed by atoms with E-state index in [2.05, 4.69) is 20.1 Å². The van der Waals surface area contributed by atoms with Crippen molar-refractivity contribution in [2.24, 2.45) is 5.73 Å². The molecule has 4 saturated heterocycles. The highest BCUT2D eigenvalue weighted by atomic mass is 32.3. The Morgan fingerprint density at radius 2 is 0.966 bits per heavy atom. The molecule has 4 heterocycles. The molecule has 4 aliphatic rings. The molecular weight excluding hydrogens is 812 g/mol. The van der Waals surface area contributed by atoms with Crippen molar-refractivity contribution in [1.82, 2.24) is 16.0 Å². The fourth-order valence-electron chi connectivity index (χ4n) is 7.20. The van der Waals surface area contributed by atoms with E-state index < -0.39 is 177 Å². The van der Waals surface area contributed by atoms with Gasteiger partial charge >= 0.3 is 10.4 Å². The van der Waals surface area contributed by atoms with Crippen LogP contribution in [0, 0.1) is 0 Å². The lowest BCUT2D eigenvalue weighted by Crippen LogP contribution is -2.71. The van der Waals surface area contributed by atoms with Crippen LogP contribution in [0.4, 0.5) is 0 Å². The summed E-state index contributed by atoms with van der Waals surface area (Å²) in [5.41, 5.74) is 5.98. The number of aliphatic hydroxyl groups is 8.